The molecule has 108 valence electrons. The first-order valence-corrected chi connectivity index (χ1v) is 6.65. The van der Waals surface area contributed by atoms with E-state index < -0.39 is 0 Å². The second kappa shape index (κ2) is 5.33. The first-order valence-electron chi connectivity index (χ1n) is 6.65. The van der Waals surface area contributed by atoms with E-state index in [4.69, 9.17) is 10.2 Å². The predicted octanol–water partition coefficient (Wildman–Crippen LogP) is 3.20. The Labute approximate surface area is 126 Å². The van der Waals surface area contributed by atoms with Gasteiger partial charge in [0.05, 0.1) is 0 Å². The number of carbonyl (C=O) groups is 2. The van der Waals surface area contributed by atoms with Gasteiger partial charge in [0, 0.05) is 11.1 Å². The molecule has 0 amide bonds. The van der Waals surface area contributed by atoms with Crippen molar-refractivity contribution in [2.75, 3.05) is 0 Å². The van der Waals surface area contributed by atoms with Crippen LogP contribution in [0.1, 0.15) is 31.8 Å². The minimum Gasteiger partial charge on any atom is -0.508 e. The Morgan fingerprint density at radius 3 is 1.95 bits per heavy atom. The van der Waals surface area contributed by atoms with Crippen molar-refractivity contribution in [3.8, 4) is 11.5 Å². The van der Waals surface area contributed by atoms with Gasteiger partial charge in [-0.25, -0.2) is 0 Å². The number of ketones is 2. The molecule has 0 atom stereocenters. The molecule has 0 aromatic heterocycles. The van der Waals surface area contributed by atoms with Crippen LogP contribution in [0.25, 0.3) is 12.2 Å². The molecule has 0 fully saturated rings. The molecular formula is C18H12O4. The molecule has 0 radical (unpaired) electrons. The third-order valence-electron chi connectivity index (χ3n) is 3.43. The average Bonchev–Trinajstić information content (AvgIpc) is 3.04. The van der Waals surface area contributed by atoms with Crippen LogP contribution in [-0.2, 0) is 0 Å². The van der Waals surface area contributed by atoms with Crippen LogP contribution in [0, 0.1) is 0 Å². The van der Waals surface area contributed by atoms with Gasteiger partial charge in [-0.2, -0.15) is 0 Å². The zero-order valence-corrected chi connectivity index (χ0v) is 11.5. The number of rotatable bonds is 0. The van der Waals surface area contributed by atoms with E-state index in [0.29, 0.717) is 11.1 Å². The van der Waals surface area contributed by atoms with Crippen molar-refractivity contribution in [2.24, 2.45) is 0 Å². The number of hydrogen-bond acceptors (Lipinski definition) is 4. The number of carbonyl (C=O) groups excluding carboxylic acids is 2. The van der Waals surface area contributed by atoms with Crippen LogP contribution in [0.5, 0.6) is 11.5 Å². The first kappa shape index (κ1) is 13.8. The summed E-state index contributed by atoms with van der Waals surface area (Å²) >= 11 is 0. The molecule has 4 rings (SSSR count). The van der Waals surface area contributed by atoms with Crippen LogP contribution in [0.4, 0.5) is 0 Å². The molecule has 4 heteroatoms. The lowest BCUT2D eigenvalue weighted by atomic mass is 10.1. The molecule has 22 heavy (non-hydrogen) atoms. The van der Waals surface area contributed by atoms with Crippen LogP contribution < -0.4 is 0 Å². The summed E-state index contributed by atoms with van der Waals surface area (Å²) in [5.41, 5.74) is 2.94. The minimum absolute atomic E-state index is 0.0139. The van der Waals surface area contributed by atoms with E-state index >= 15 is 0 Å². The minimum atomic E-state index is -0.0316. The summed E-state index contributed by atoms with van der Waals surface area (Å²) in [6.45, 7) is 0. The molecule has 0 aliphatic heterocycles. The van der Waals surface area contributed by atoms with Gasteiger partial charge in [0.1, 0.15) is 11.5 Å². The van der Waals surface area contributed by atoms with Crippen molar-refractivity contribution in [2.45, 2.75) is 0 Å². The van der Waals surface area contributed by atoms with Gasteiger partial charge in [-0.05, 0) is 53.6 Å². The molecule has 4 nitrogen and oxygen atoms in total. The number of fused-ring (bicyclic) bond motifs is 2. The molecule has 0 bridgehead atoms. The Morgan fingerprint density at radius 1 is 0.591 bits per heavy atom. The number of aromatic hydroxyl groups is 2. The van der Waals surface area contributed by atoms with E-state index in [0.717, 1.165) is 11.1 Å². The lowest BCUT2D eigenvalue weighted by Gasteiger charge is -1.96. The van der Waals surface area contributed by atoms with Crippen molar-refractivity contribution < 1.29 is 19.8 Å². The quantitative estimate of drug-likeness (QED) is 0.782. The fraction of sp³-hybridized carbons (Fsp3) is 0. The number of phenolic OH excluding ortho intramolecular Hbond substituents is 2. The number of benzene rings is 2. The maximum absolute atomic E-state index is 11.0. The van der Waals surface area contributed by atoms with Crippen molar-refractivity contribution in [3.05, 3.63) is 70.8 Å². The summed E-state index contributed by atoms with van der Waals surface area (Å²) in [4.78, 5) is 22.0. The standard InChI is InChI=1S/2C9H6O2/c10-7-2-3-8-6(5-7)1-4-9(8)11;10-7-3-1-6-2-4-9(11)8(6)5-7/h2*1-5,10H. The van der Waals surface area contributed by atoms with Gasteiger partial charge in [0.15, 0.2) is 11.6 Å². The van der Waals surface area contributed by atoms with E-state index in [1.165, 1.54) is 24.3 Å². The third kappa shape index (κ3) is 2.54. The average molecular weight is 292 g/mol. The normalized spacial score (nSPS) is 13.6. The summed E-state index contributed by atoms with van der Waals surface area (Å²) in [5, 5.41) is 18.1. The van der Waals surface area contributed by atoms with Gasteiger partial charge < -0.3 is 10.2 Å². The fourth-order valence-electron chi connectivity index (χ4n) is 2.33. The van der Waals surface area contributed by atoms with Crippen LogP contribution in [0.3, 0.4) is 0 Å². The topological polar surface area (TPSA) is 74.6 Å². The Hall–Kier alpha value is -3.14. The zero-order chi connectivity index (χ0) is 15.7. The first-order chi connectivity index (χ1) is 10.5. The van der Waals surface area contributed by atoms with E-state index in [1.807, 2.05) is 0 Å². The highest BCUT2D eigenvalue weighted by atomic mass is 16.3. The monoisotopic (exact) mass is 292 g/mol. The van der Waals surface area contributed by atoms with Gasteiger partial charge in [-0.3, -0.25) is 9.59 Å². The van der Waals surface area contributed by atoms with Crippen LogP contribution in [0.15, 0.2) is 48.6 Å². The lowest BCUT2D eigenvalue weighted by Crippen LogP contribution is -1.89. The molecular weight excluding hydrogens is 280 g/mol. The highest BCUT2D eigenvalue weighted by Crippen LogP contribution is 2.24. The molecule has 2 aliphatic rings. The number of hydrogen-bond donors (Lipinski definition) is 2. The number of allylic oxidation sites excluding steroid dienone is 2. The third-order valence-corrected chi connectivity index (χ3v) is 3.43. The molecule has 0 saturated carbocycles. The highest BCUT2D eigenvalue weighted by Gasteiger charge is 2.13. The Balaban J connectivity index is 0.000000131. The molecule has 0 saturated heterocycles. The highest BCUT2D eigenvalue weighted by molar-refractivity contribution is 6.14. The van der Waals surface area contributed by atoms with Crippen molar-refractivity contribution in [1.82, 2.24) is 0 Å². The van der Waals surface area contributed by atoms with Crippen molar-refractivity contribution >= 4 is 23.7 Å². The second-order valence-corrected chi connectivity index (χ2v) is 4.94. The fourth-order valence-corrected chi connectivity index (χ4v) is 2.33. The summed E-state index contributed by atoms with van der Waals surface area (Å²) < 4.78 is 0. The van der Waals surface area contributed by atoms with E-state index in [9.17, 15) is 9.59 Å². The molecule has 0 heterocycles. The predicted molar refractivity (Wildman–Crippen MR) is 82.9 cm³/mol. The summed E-state index contributed by atoms with van der Waals surface area (Å²) in [6.07, 6.45) is 6.46. The molecule has 2 N–H and O–H groups in total. The van der Waals surface area contributed by atoms with Crippen LogP contribution in [-0.4, -0.2) is 21.8 Å². The van der Waals surface area contributed by atoms with Gasteiger partial charge >= 0.3 is 0 Å². The summed E-state index contributed by atoms with van der Waals surface area (Å²) in [7, 11) is 0. The molecule has 2 aromatic rings. The van der Waals surface area contributed by atoms with Gasteiger partial charge in [-0.15, -0.1) is 0 Å². The maximum atomic E-state index is 11.0. The summed E-state index contributed by atoms with van der Waals surface area (Å²) in [6, 6.07) is 9.51. The lowest BCUT2D eigenvalue weighted by molar-refractivity contribution is 0.104. The van der Waals surface area contributed by atoms with E-state index in [2.05, 4.69) is 0 Å². The summed E-state index contributed by atoms with van der Waals surface area (Å²) in [5.74, 6) is 0.319. The molecule has 0 spiro atoms. The van der Waals surface area contributed by atoms with E-state index in [1.54, 1.807) is 36.4 Å². The molecule has 0 unspecified atom stereocenters. The number of phenols is 2. The van der Waals surface area contributed by atoms with Crippen LogP contribution >= 0.6 is 0 Å². The SMILES string of the molecule is O=C1C=Cc2cc(O)ccc21.O=C1C=Cc2ccc(O)cc21. The Morgan fingerprint density at radius 2 is 1.18 bits per heavy atom. The Kier molecular flexibility index (Phi) is 3.35. The molecule has 2 aliphatic carbocycles. The van der Waals surface area contributed by atoms with E-state index in [-0.39, 0.29) is 23.1 Å². The Bertz CT molecular complexity index is 844. The van der Waals surface area contributed by atoms with Gasteiger partial charge in [0.25, 0.3) is 0 Å². The van der Waals surface area contributed by atoms with Gasteiger partial charge in [0.2, 0.25) is 0 Å². The molecule has 2 aromatic carbocycles. The smallest absolute Gasteiger partial charge is 0.186 e. The second-order valence-electron chi connectivity index (χ2n) is 4.94. The largest absolute Gasteiger partial charge is 0.508 e. The van der Waals surface area contributed by atoms with Crippen molar-refractivity contribution in [3.63, 3.8) is 0 Å². The van der Waals surface area contributed by atoms with Gasteiger partial charge in [-0.1, -0.05) is 18.2 Å². The van der Waals surface area contributed by atoms with Crippen LogP contribution in [0.2, 0.25) is 0 Å². The van der Waals surface area contributed by atoms with Crippen molar-refractivity contribution in [1.29, 1.82) is 0 Å². The maximum Gasteiger partial charge on any atom is 0.186 e. The zero-order valence-electron chi connectivity index (χ0n) is 11.5.